The van der Waals surface area contributed by atoms with Crippen molar-refractivity contribution in [1.82, 2.24) is 5.01 Å². The summed E-state index contributed by atoms with van der Waals surface area (Å²) < 4.78 is 5.12. The summed E-state index contributed by atoms with van der Waals surface area (Å²) in [7, 11) is 1.71. The Labute approximate surface area is 60.1 Å². The molecule has 58 valence electrons. The Morgan fingerprint density at radius 2 is 2.10 bits per heavy atom. The first-order chi connectivity index (χ1) is 4.84. The van der Waals surface area contributed by atoms with Gasteiger partial charge in [0.1, 0.15) is 0 Å². The van der Waals surface area contributed by atoms with E-state index in [1.165, 1.54) is 5.01 Å². The lowest BCUT2D eigenvalue weighted by atomic mass is 10.1. The van der Waals surface area contributed by atoms with E-state index < -0.39 is 0 Å². The fourth-order valence-corrected chi connectivity index (χ4v) is 1.13. The number of rotatable bonds is 2. The second kappa shape index (κ2) is 3.51. The smallest absolute Gasteiger partial charge is 0.0543 e. The van der Waals surface area contributed by atoms with E-state index in [2.05, 4.69) is 5.29 Å². The Morgan fingerprint density at radius 1 is 1.50 bits per heavy atom. The van der Waals surface area contributed by atoms with Gasteiger partial charge in [-0.1, -0.05) is 0 Å². The Balaban J connectivity index is 2.30. The van der Waals surface area contributed by atoms with Gasteiger partial charge in [0.15, 0.2) is 0 Å². The molecular weight excluding hydrogens is 132 g/mol. The first-order valence-electron chi connectivity index (χ1n) is 3.48. The van der Waals surface area contributed by atoms with Crippen LogP contribution in [0.3, 0.4) is 0 Å². The molecule has 1 heterocycles. The quantitative estimate of drug-likeness (QED) is 0.425. The number of nitroso groups, excluding NO2 is 1. The van der Waals surface area contributed by atoms with Gasteiger partial charge in [-0.25, -0.2) is 0 Å². The number of hydrogen-bond acceptors (Lipinski definition) is 3. The van der Waals surface area contributed by atoms with Crippen molar-refractivity contribution in [3.63, 3.8) is 0 Å². The molecule has 0 aromatic carbocycles. The van der Waals surface area contributed by atoms with Crippen molar-refractivity contribution in [2.45, 2.75) is 18.9 Å². The SMILES string of the molecule is CN(N=O)C1CCOCC1. The molecule has 0 spiro atoms. The van der Waals surface area contributed by atoms with E-state index in [9.17, 15) is 4.91 Å². The van der Waals surface area contributed by atoms with Crippen molar-refractivity contribution in [3.8, 4) is 0 Å². The minimum Gasteiger partial charge on any atom is -0.381 e. The van der Waals surface area contributed by atoms with Gasteiger partial charge in [-0.3, -0.25) is 5.01 Å². The minimum absolute atomic E-state index is 0.297. The molecule has 0 unspecified atom stereocenters. The highest BCUT2D eigenvalue weighted by molar-refractivity contribution is 4.68. The van der Waals surface area contributed by atoms with Gasteiger partial charge in [-0.2, -0.15) is 0 Å². The third-order valence-corrected chi connectivity index (χ3v) is 1.85. The van der Waals surface area contributed by atoms with E-state index >= 15 is 0 Å². The van der Waals surface area contributed by atoms with Crippen LogP contribution in [-0.4, -0.2) is 31.3 Å². The average molecular weight is 144 g/mol. The van der Waals surface area contributed by atoms with Crippen molar-refractivity contribution >= 4 is 0 Å². The van der Waals surface area contributed by atoms with Gasteiger partial charge < -0.3 is 4.74 Å². The summed E-state index contributed by atoms with van der Waals surface area (Å²) in [4.78, 5) is 10.0. The molecule has 0 bridgehead atoms. The summed E-state index contributed by atoms with van der Waals surface area (Å²) in [5, 5.41) is 4.31. The summed E-state index contributed by atoms with van der Waals surface area (Å²) >= 11 is 0. The maximum Gasteiger partial charge on any atom is 0.0543 e. The van der Waals surface area contributed by atoms with Crippen molar-refractivity contribution in [3.05, 3.63) is 4.91 Å². The normalized spacial score (nSPS) is 20.5. The van der Waals surface area contributed by atoms with Gasteiger partial charge in [-0.05, 0) is 12.8 Å². The van der Waals surface area contributed by atoms with Crippen LogP contribution < -0.4 is 0 Å². The molecule has 1 rings (SSSR count). The van der Waals surface area contributed by atoms with Crippen LogP contribution >= 0.6 is 0 Å². The van der Waals surface area contributed by atoms with Crippen molar-refractivity contribution in [2.24, 2.45) is 5.29 Å². The molecule has 0 aliphatic carbocycles. The van der Waals surface area contributed by atoms with Crippen LogP contribution in [0, 0.1) is 4.91 Å². The van der Waals surface area contributed by atoms with Crippen molar-refractivity contribution in [1.29, 1.82) is 0 Å². The van der Waals surface area contributed by atoms with E-state index in [1.54, 1.807) is 7.05 Å². The Kier molecular flexibility index (Phi) is 2.62. The summed E-state index contributed by atoms with van der Waals surface area (Å²) in [6.45, 7) is 1.51. The number of nitrogens with zero attached hydrogens (tertiary/aromatic N) is 2. The van der Waals surface area contributed by atoms with Crippen LogP contribution in [-0.2, 0) is 4.74 Å². The number of ether oxygens (including phenoxy) is 1. The zero-order valence-electron chi connectivity index (χ0n) is 6.12. The van der Waals surface area contributed by atoms with Crippen molar-refractivity contribution in [2.75, 3.05) is 20.3 Å². The van der Waals surface area contributed by atoms with Crippen LogP contribution in [0.5, 0.6) is 0 Å². The number of hydrogen-bond donors (Lipinski definition) is 0. The molecule has 0 aromatic heterocycles. The highest BCUT2D eigenvalue weighted by Crippen LogP contribution is 2.11. The zero-order chi connectivity index (χ0) is 7.40. The van der Waals surface area contributed by atoms with Crippen LogP contribution in [0.25, 0.3) is 0 Å². The van der Waals surface area contributed by atoms with Crippen LogP contribution in [0.4, 0.5) is 0 Å². The third-order valence-electron chi connectivity index (χ3n) is 1.85. The largest absolute Gasteiger partial charge is 0.381 e. The molecule has 4 nitrogen and oxygen atoms in total. The fraction of sp³-hybridized carbons (Fsp3) is 1.00. The van der Waals surface area contributed by atoms with Gasteiger partial charge in [0, 0.05) is 20.3 Å². The molecule has 0 N–H and O–H groups in total. The Hall–Kier alpha value is -0.640. The summed E-state index contributed by atoms with van der Waals surface area (Å²) in [6.07, 6.45) is 1.84. The predicted octanol–water partition coefficient (Wildman–Crippen LogP) is 0.779. The van der Waals surface area contributed by atoms with Gasteiger partial charge in [0.25, 0.3) is 0 Å². The molecule has 0 aromatic rings. The maximum absolute atomic E-state index is 10.0. The Morgan fingerprint density at radius 3 is 2.60 bits per heavy atom. The van der Waals surface area contributed by atoms with Gasteiger partial charge in [0.2, 0.25) is 0 Å². The van der Waals surface area contributed by atoms with E-state index in [4.69, 9.17) is 4.74 Å². The van der Waals surface area contributed by atoms with E-state index in [-0.39, 0.29) is 0 Å². The van der Waals surface area contributed by atoms with Crippen LogP contribution in [0.15, 0.2) is 5.29 Å². The molecule has 1 saturated heterocycles. The van der Waals surface area contributed by atoms with Crippen molar-refractivity contribution < 1.29 is 4.74 Å². The van der Waals surface area contributed by atoms with Gasteiger partial charge in [-0.15, -0.1) is 4.91 Å². The molecule has 4 heteroatoms. The summed E-state index contributed by atoms with van der Waals surface area (Å²) in [5.41, 5.74) is 0. The zero-order valence-corrected chi connectivity index (χ0v) is 6.12. The topological polar surface area (TPSA) is 41.9 Å². The van der Waals surface area contributed by atoms with Crippen LogP contribution in [0.1, 0.15) is 12.8 Å². The molecule has 0 saturated carbocycles. The minimum atomic E-state index is 0.297. The molecule has 1 fully saturated rings. The first kappa shape index (κ1) is 7.47. The molecular formula is C6H12N2O2. The molecule has 1 aliphatic heterocycles. The lowest BCUT2D eigenvalue weighted by Crippen LogP contribution is -2.32. The fourth-order valence-electron chi connectivity index (χ4n) is 1.13. The molecule has 0 radical (unpaired) electrons. The molecule has 0 atom stereocenters. The standard InChI is InChI=1S/C6H12N2O2/c1-8(7-9)6-2-4-10-5-3-6/h6H,2-5H2,1H3. The molecule has 1 aliphatic rings. The highest BCUT2D eigenvalue weighted by Gasteiger charge is 2.17. The second-order valence-electron chi connectivity index (χ2n) is 2.50. The molecule has 0 amide bonds. The van der Waals surface area contributed by atoms with E-state index in [0.29, 0.717) is 6.04 Å². The summed E-state index contributed by atoms with van der Waals surface area (Å²) in [6, 6.07) is 0.297. The second-order valence-corrected chi connectivity index (χ2v) is 2.50. The van der Waals surface area contributed by atoms with Gasteiger partial charge >= 0.3 is 0 Å². The van der Waals surface area contributed by atoms with E-state index in [0.717, 1.165) is 26.1 Å². The lowest BCUT2D eigenvalue weighted by Gasteiger charge is -2.26. The van der Waals surface area contributed by atoms with E-state index in [1.807, 2.05) is 0 Å². The first-order valence-corrected chi connectivity index (χ1v) is 3.48. The maximum atomic E-state index is 10.0. The molecule has 10 heavy (non-hydrogen) atoms. The van der Waals surface area contributed by atoms with Gasteiger partial charge in [0.05, 0.1) is 11.3 Å². The highest BCUT2D eigenvalue weighted by atomic mass is 16.5. The summed E-state index contributed by atoms with van der Waals surface area (Å²) in [5.74, 6) is 0. The Bertz CT molecular complexity index is 112. The average Bonchev–Trinajstić information content (AvgIpc) is 2.05. The van der Waals surface area contributed by atoms with Crippen LogP contribution in [0.2, 0.25) is 0 Å². The predicted molar refractivity (Wildman–Crippen MR) is 37.4 cm³/mol. The monoisotopic (exact) mass is 144 g/mol. The third kappa shape index (κ3) is 1.67. The lowest BCUT2D eigenvalue weighted by molar-refractivity contribution is 0.0433.